The molecule has 0 fully saturated rings. The van der Waals surface area contributed by atoms with Crippen molar-refractivity contribution < 1.29 is 23.5 Å². The molecule has 0 aliphatic heterocycles. The number of hydrogen-bond acceptors (Lipinski definition) is 6. The second kappa shape index (κ2) is 9.66. The number of carbonyl (C=O) groups excluding carboxylic acids is 2. The van der Waals surface area contributed by atoms with Crippen molar-refractivity contribution in [2.75, 3.05) is 18.5 Å². The molecule has 1 amide bonds. The van der Waals surface area contributed by atoms with Crippen LogP contribution in [0.15, 0.2) is 59.4 Å². The van der Waals surface area contributed by atoms with Crippen molar-refractivity contribution in [1.82, 2.24) is 9.78 Å². The van der Waals surface area contributed by atoms with Gasteiger partial charge < -0.3 is 14.8 Å². The van der Waals surface area contributed by atoms with E-state index in [-0.39, 0.29) is 23.7 Å². The molecule has 0 saturated heterocycles. The van der Waals surface area contributed by atoms with Crippen LogP contribution in [0.4, 0.5) is 10.1 Å². The standard InChI is InChI=1S/C22H20FN3O5/c1-3-30-22(29)21-18(31-13-19(27)24-16-6-4-5-14(2)11-16)12-20(28)26(25-21)17-9-7-15(23)8-10-17/h4-12H,3,13H2,1-2H3,(H,24,27). The molecule has 0 aliphatic carbocycles. The Hall–Kier alpha value is -4.01. The Morgan fingerprint density at radius 1 is 1.13 bits per heavy atom. The number of ether oxygens (including phenoxy) is 2. The third-order valence-electron chi connectivity index (χ3n) is 4.10. The van der Waals surface area contributed by atoms with Crippen LogP contribution in [0.2, 0.25) is 0 Å². The summed E-state index contributed by atoms with van der Waals surface area (Å²) >= 11 is 0. The van der Waals surface area contributed by atoms with Crippen LogP contribution in [-0.2, 0) is 9.53 Å². The monoisotopic (exact) mass is 425 g/mol. The van der Waals surface area contributed by atoms with Gasteiger partial charge in [0.15, 0.2) is 12.4 Å². The first kappa shape index (κ1) is 21.7. The maximum Gasteiger partial charge on any atom is 0.362 e. The van der Waals surface area contributed by atoms with Gasteiger partial charge in [0.1, 0.15) is 5.82 Å². The van der Waals surface area contributed by atoms with Gasteiger partial charge in [0.2, 0.25) is 5.69 Å². The number of rotatable bonds is 7. The van der Waals surface area contributed by atoms with E-state index in [2.05, 4.69) is 10.4 Å². The van der Waals surface area contributed by atoms with Gasteiger partial charge in [0.05, 0.1) is 18.4 Å². The smallest absolute Gasteiger partial charge is 0.362 e. The molecule has 0 spiro atoms. The van der Waals surface area contributed by atoms with E-state index in [4.69, 9.17) is 9.47 Å². The van der Waals surface area contributed by atoms with Crippen LogP contribution in [0.1, 0.15) is 23.0 Å². The fourth-order valence-corrected chi connectivity index (χ4v) is 2.72. The molecule has 0 aliphatic rings. The second-order valence-corrected chi connectivity index (χ2v) is 6.51. The number of esters is 1. The fraction of sp³-hybridized carbons (Fsp3) is 0.182. The molecule has 1 aromatic heterocycles. The number of benzene rings is 2. The summed E-state index contributed by atoms with van der Waals surface area (Å²) in [7, 11) is 0. The average Bonchev–Trinajstić information content (AvgIpc) is 2.73. The number of amides is 1. The van der Waals surface area contributed by atoms with Crippen molar-refractivity contribution in [3.8, 4) is 11.4 Å². The molecule has 8 nitrogen and oxygen atoms in total. The number of anilines is 1. The number of aromatic nitrogens is 2. The Bertz CT molecular complexity index is 1160. The van der Waals surface area contributed by atoms with Gasteiger partial charge >= 0.3 is 5.97 Å². The normalized spacial score (nSPS) is 10.4. The summed E-state index contributed by atoms with van der Waals surface area (Å²) in [5.41, 5.74) is 0.893. The van der Waals surface area contributed by atoms with Crippen LogP contribution in [0, 0.1) is 12.7 Å². The van der Waals surface area contributed by atoms with Crippen molar-refractivity contribution in [2.24, 2.45) is 0 Å². The number of nitrogens with zero attached hydrogens (tertiary/aromatic N) is 2. The van der Waals surface area contributed by atoms with Crippen molar-refractivity contribution in [3.05, 3.63) is 82.0 Å². The molecule has 9 heteroatoms. The van der Waals surface area contributed by atoms with Gasteiger partial charge in [-0.15, -0.1) is 0 Å². The molecule has 160 valence electrons. The van der Waals surface area contributed by atoms with Gasteiger partial charge in [-0.25, -0.2) is 9.18 Å². The van der Waals surface area contributed by atoms with E-state index in [9.17, 15) is 18.8 Å². The summed E-state index contributed by atoms with van der Waals surface area (Å²) in [6.07, 6.45) is 0. The Kier molecular flexibility index (Phi) is 6.76. The highest BCUT2D eigenvalue weighted by atomic mass is 19.1. The summed E-state index contributed by atoms with van der Waals surface area (Å²) < 4.78 is 24.5. The van der Waals surface area contributed by atoms with E-state index in [1.54, 1.807) is 25.1 Å². The molecule has 3 aromatic rings. The molecule has 31 heavy (non-hydrogen) atoms. The maximum atomic E-state index is 13.2. The molecular weight excluding hydrogens is 405 g/mol. The predicted octanol–water partition coefficient (Wildman–Crippen LogP) is 2.87. The van der Waals surface area contributed by atoms with Crippen molar-refractivity contribution in [3.63, 3.8) is 0 Å². The lowest BCUT2D eigenvalue weighted by Gasteiger charge is -2.13. The van der Waals surface area contributed by atoms with Crippen LogP contribution in [0.5, 0.6) is 5.75 Å². The topological polar surface area (TPSA) is 99.5 Å². The van der Waals surface area contributed by atoms with Crippen LogP contribution in [0.3, 0.4) is 0 Å². The number of nitrogens with one attached hydrogen (secondary N) is 1. The molecule has 0 bridgehead atoms. The maximum absolute atomic E-state index is 13.2. The Balaban J connectivity index is 1.85. The first-order valence-electron chi connectivity index (χ1n) is 9.44. The fourth-order valence-electron chi connectivity index (χ4n) is 2.72. The number of aryl methyl sites for hydroxylation is 1. The van der Waals surface area contributed by atoms with Crippen molar-refractivity contribution in [2.45, 2.75) is 13.8 Å². The van der Waals surface area contributed by atoms with E-state index >= 15 is 0 Å². The highest BCUT2D eigenvalue weighted by Crippen LogP contribution is 2.17. The minimum atomic E-state index is -0.826. The van der Waals surface area contributed by atoms with E-state index in [0.29, 0.717) is 5.69 Å². The first-order chi connectivity index (χ1) is 14.9. The zero-order valence-corrected chi connectivity index (χ0v) is 16.9. The summed E-state index contributed by atoms with van der Waals surface area (Å²) in [6, 6.07) is 13.2. The number of carbonyl (C=O) groups is 2. The van der Waals surface area contributed by atoms with Gasteiger partial charge in [-0.05, 0) is 55.8 Å². The van der Waals surface area contributed by atoms with Gasteiger partial charge in [-0.1, -0.05) is 12.1 Å². The van der Waals surface area contributed by atoms with Gasteiger partial charge in [0, 0.05) is 5.69 Å². The zero-order chi connectivity index (χ0) is 22.4. The third-order valence-corrected chi connectivity index (χ3v) is 4.10. The molecule has 0 atom stereocenters. The molecular formula is C22H20FN3O5. The van der Waals surface area contributed by atoms with Crippen LogP contribution >= 0.6 is 0 Å². The lowest BCUT2D eigenvalue weighted by atomic mass is 10.2. The van der Waals surface area contributed by atoms with E-state index in [0.717, 1.165) is 28.4 Å². The molecule has 0 unspecified atom stereocenters. The second-order valence-electron chi connectivity index (χ2n) is 6.51. The van der Waals surface area contributed by atoms with E-state index in [1.807, 2.05) is 13.0 Å². The Labute approximate surface area is 177 Å². The molecule has 0 saturated carbocycles. The number of hydrogen-bond donors (Lipinski definition) is 1. The van der Waals surface area contributed by atoms with Crippen molar-refractivity contribution >= 4 is 17.6 Å². The molecule has 1 N–H and O–H groups in total. The minimum absolute atomic E-state index is 0.0729. The highest BCUT2D eigenvalue weighted by molar-refractivity contribution is 5.93. The van der Waals surface area contributed by atoms with Crippen molar-refractivity contribution in [1.29, 1.82) is 0 Å². The van der Waals surface area contributed by atoms with E-state index < -0.39 is 29.9 Å². The van der Waals surface area contributed by atoms with Gasteiger partial charge in [0.25, 0.3) is 11.5 Å². The lowest BCUT2D eigenvalue weighted by Crippen LogP contribution is -2.27. The average molecular weight is 425 g/mol. The quantitative estimate of drug-likeness (QED) is 0.585. The highest BCUT2D eigenvalue weighted by Gasteiger charge is 2.20. The van der Waals surface area contributed by atoms with Gasteiger partial charge in [-0.3, -0.25) is 9.59 Å². The largest absolute Gasteiger partial charge is 0.481 e. The third kappa shape index (κ3) is 5.53. The SMILES string of the molecule is CCOC(=O)c1nn(-c2ccc(F)cc2)c(=O)cc1OCC(=O)Nc1cccc(C)c1. The lowest BCUT2D eigenvalue weighted by molar-refractivity contribution is -0.118. The van der Waals surface area contributed by atoms with Crippen LogP contribution in [-0.4, -0.2) is 34.9 Å². The number of halogens is 1. The summed E-state index contributed by atoms with van der Waals surface area (Å²) in [4.78, 5) is 37.1. The molecule has 1 heterocycles. The van der Waals surface area contributed by atoms with Crippen LogP contribution < -0.4 is 15.6 Å². The molecule has 3 rings (SSSR count). The molecule has 2 aromatic carbocycles. The Morgan fingerprint density at radius 2 is 1.87 bits per heavy atom. The summed E-state index contributed by atoms with van der Waals surface area (Å²) in [5.74, 6) is -1.99. The van der Waals surface area contributed by atoms with E-state index in [1.165, 1.54) is 12.1 Å². The molecule has 0 radical (unpaired) electrons. The minimum Gasteiger partial charge on any atom is -0.481 e. The summed E-state index contributed by atoms with van der Waals surface area (Å²) in [6.45, 7) is 3.12. The zero-order valence-electron chi connectivity index (χ0n) is 16.9. The van der Waals surface area contributed by atoms with Crippen LogP contribution in [0.25, 0.3) is 5.69 Å². The Morgan fingerprint density at radius 3 is 2.55 bits per heavy atom. The summed E-state index contributed by atoms with van der Waals surface area (Å²) in [5, 5.41) is 6.68. The predicted molar refractivity (Wildman–Crippen MR) is 111 cm³/mol. The first-order valence-corrected chi connectivity index (χ1v) is 9.44. The van der Waals surface area contributed by atoms with Gasteiger partial charge in [-0.2, -0.15) is 9.78 Å².